The lowest BCUT2D eigenvalue weighted by Gasteiger charge is -2.35. The van der Waals surface area contributed by atoms with Gasteiger partial charge in [0.2, 0.25) is 0 Å². The van der Waals surface area contributed by atoms with Gasteiger partial charge in [-0.2, -0.15) is 0 Å². The molecular weight excluding hydrogens is 321 g/mol. The van der Waals surface area contributed by atoms with Crippen LogP contribution in [0.25, 0.3) is 0 Å². The van der Waals surface area contributed by atoms with Crippen LogP contribution in [0, 0.1) is 5.82 Å². The molecule has 0 bridgehead atoms. The number of carbonyl (C=O) groups is 1. The summed E-state index contributed by atoms with van der Waals surface area (Å²) in [6.45, 7) is 4.79. The van der Waals surface area contributed by atoms with E-state index in [1.54, 1.807) is 0 Å². The van der Waals surface area contributed by atoms with E-state index in [-0.39, 0.29) is 17.8 Å². The molecule has 25 heavy (non-hydrogen) atoms. The molecule has 1 aromatic heterocycles. The number of benzene rings is 1. The zero-order valence-electron chi connectivity index (χ0n) is 14.2. The molecule has 132 valence electrons. The van der Waals surface area contributed by atoms with Gasteiger partial charge in [0.05, 0.1) is 32.0 Å². The summed E-state index contributed by atoms with van der Waals surface area (Å²) < 4.78 is 20.9. The second-order valence-corrected chi connectivity index (χ2v) is 6.69. The Kier molecular flexibility index (Phi) is 4.55. The van der Waals surface area contributed by atoms with Crippen LogP contribution >= 0.6 is 0 Å². The molecule has 1 unspecified atom stereocenters. The summed E-state index contributed by atoms with van der Waals surface area (Å²) in [6, 6.07) is 10.9. The molecular formula is C19H23FN3O2+. The Balaban J connectivity index is 1.59. The Bertz CT molecular complexity index is 737. The van der Waals surface area contributed by atoms with E-state index >= 15 is 0 Å². The smallest absolute Gasteiger partial charge is 0.277 e. The van der Waals surface area contributed by atoms with Gasteiger partial charge in [0.15, 0.2) is 12.6 Å². The van der Waals surface area contributed by atoms with Crippen LogP contribution in [-0.4, -0.2) is 54.8 Å². The topological polar surface area (TPSA) is 38.9 Å². The fourth-order valence-electron chi connectivity index (χ4n) is 3.88. The highest BCUT2D eigenvalue weighted by Crippen LogP contribution is 2.22. The summed E-state index contributed by atoms with van der Waals surface area (Å²) in [7, 11) is 0. The number of carbonyl (C=O) groups excluding carboxylic acids is 1. The molecule has 2 aliphatic heterocycles. The minimum absolute atomic E-state index is 0.0503. The van der Waals surface area contributed by atoms with Crippen molar-refractivity contribution < 1.29 is 18.8 Å². The van der Waals surface area contributed by atoms with Crippen molar-refractivity contribution in [3.63, 3.8) is 0 Å². The van der Waals surface area contributed by atoms with Gasteiger partial charge in [-0.25, -0.2) is 4.39 Å². The largest absolute Gasteiger partial charge is 0.378 e. The lowest BCUT2D eigenvalue weighted by Crippen LogP contribution is -3.14. The molecule has 6 heteroatoms. The van der Waals surface area contributed by atoms with Gasteiger partial charge in [0.25, 0.3) is 5.91 Å². The van der Waals surface area contributed by atoms with Crippen LogP contribution in [0.3, 0.4) is 0 Å². The second kappa shape index (κ2) is 6.98. The van der Waals surface area contributed by atoms with Crippen LogP contribution in [0.1, 0.15) is 17.3 Å². The normalized spacial score (nSPS) is 23.3. The predicted octanol–water partition coefficient (Wildman–Crippen LogP) is 0.474. The molecule has 1 aromatic carbocycles. The Hall–Kier alpha value is -2.18. The first-order valence-electron chi connectivity index (χ1n) is 8.83. The number of halogens is 1. The summed E-state index contributed by atoms with van der Waals surface area (Å²) in [6.07, 6.45) is 2.08. The van der Waals surface area contributed by atoms with Crippen molar-refractivity contribution in [2.75, 3.05) is 39.4 Å². The number of aromatic nitrogens is 1. The maximum atomic E-state index is 13.4. The maximum absolute atomic E-state index is 13.4. The van der Waals surface area contributed by atoms with Crippen LogP contribution in [0.4, 0.5) is 4.39 Å². The van der Waals surface area contributed by atoms with E-state index in [2.05, 4.69) is 16.8 Å². The highest BCUT2D eigenvalue weighted by Gasteiger charge is 2.35. The Morgan fingerprint density at radius 2 is 1.92 bits per heavy atom. The number of rotatable bonds is 3. The van der Waals surface area contributed by atoms with Crippen LogP contribution in [0.5, 0.6) is 0 Å². The summed E-state index contributed by atoms with van der Waals surface area (Å²) in [5.74, 6) is -0.0636. The first kappa shape index (κ1) is 16.3. The number of hydrogen-bond donors (Lipinski definition) is 1. The van der Waals surface area contributed by atoms with Gasteiger partial charge in [0.1, 0.15) is 5.82 Å². The molecule has 1 saturated heterocycles. The van der Waals surface area contributed by atoms with E-state index < -0.39 is 0 Å². The van der Waals surface area contributed by atoms with Gasteiger partial charge in [-0.15, -0.1) is 0 Å². The molecule has 4 rings (SSSR count). The summed E-state index contributed by atoms with van der Waals surface area (Å²) in [4.78, 5) is 15.8. The molecule has 2 atom stereocenters. The van der Waals surface area contributed by atoms with E-state index in [9.17, 15) is 9.18 Å². The Labute approximate surface area is 146 Å². The van der Waals surface area contributed by atoms with Crippen LogP contribution in [-0.2, 0) is 16.1 Å². The summed E-state index contributed by atoms with van der Waals surface area (Å²) >= 11 is 0. The summed E-state index contributed by atoms with van der Waals surface area (Å²) in [5.41, 5.74) is 2.23. The standard InChI is InChI=1S/C19H22FN3O2/c20-16-5-3-15(4-6-16)19-17-2-1-7-21(17)8-9-23(19)14-18(24)22-10-12-25-13-11-22/h1-7,19H,8-14H2/p+1/t19-/m1/s1. The predicted molar refractivity (Wildman–Crippen MR) is 90.8 cm³/mol. The van der Waals surface area contributed by atoms with Crippen LogP contribution in [0.15, 0.2) is 42.6 Å². The number of hydrogen-bond acceptors (Lipinski definition) is 2. The SMILES string of the molecule is O=C(C[NH+]1CCn2cccc2[C@H]1c1ccc(F)cc1)N1CCOCC1. The van der Waals surface area contributed by atoms with Gasteiger partial charge in [-0.05, 0) is 36.4 Å². The van der Waals surface area contributed by atoms with Crippen molar-refractivity contribution in [2.24, 2.45) is 0 Å². The minimum atomic E-state index is -0.235. The van der Waals surface area contributed by atoms with Crippen molar-refractivity contribution in [3.8, 4) is 0 Å². The number of nitrogens with zero attached hydrogens (tertiary/aromatic N) is 2. The van der Waals surface area contributed by atoms with Gasteiger partial charge >= 0.3 is 0 Å². The average molecular weight is 344 g/mol. The minimum Gasteiger partial charge on any atom is -0.378 e. The molecule has 0 aliphatic carbocycles. The number of fused-ring (bicyclic) bond motifs is 1. The fourth-order valence-corrected chi connectivity index (χ4v) is 3.88. The zero-order chi connectivity index (χ0) is 17.2. The molecule has 0 spiro atoms. The van der Waals surface area contributed by atoms with E-state index in [0.29, 0.717) is 32.8 Å². The van der Waals surface area contributed by atoms with Crippen molar-refractivity contribution in [1.29, 1.82) is 0 Å². The van der Waals surface area contributed by atoms with Crippen molar-refractivity contribution >= 4 is 5.91 Å². The maximum Gasteiger partial charge on any atom is 0.277 e. The monoisotopic (exact) mass is 344 g/mol. The van der Waals surface area contributed by atoms with Crippen molar-refractivity contribution in [1.82, 2.24) is 9.47 Å². The Morgan fingerprint density at radius 1 is 1.16 bits per heavy atom. The molecule has 0 radical (unpaired) electrons. The third-order valence-electron chi connectivity index (χ3n) is 5.19. The number of quaternary nitrogens is 1. The third kappa shape index (κ3) is 3.32. The second-order valence-electron chi connectivity index (χ2n) is 6.69. The lowest BCUT2D eigenvalue weighted by molar-refractivity contribution is -0.922. The first-order valence-corrected chi connectivity index (χ1v) is 8.83. The number of nitrogens with one attached hydrogen (secondary N) is 1. The molecule has 3 heterocycles. The summed E-state index contributed by atoms with van der Waals surface area (Å²) in [5, 5.41) is 0. The molecule has 0 saturated carbocycles. The molecule has 2 aromatic rings. The van der Waals surface area contributed by atoms with E-state index in [4.69, 9.17) is 4.74 Å². The number of morpholine rings is 1. The molecule has 5 nitrogen and oxygen atoms in total. The van der Waals surface area contributed by atoms with Crippen molar-refractivity contribution in [3.05, 3.63) is 59.7 Å². The highest BCUT2D eigenvalue weighted by molar-refractivity contribution is 5.77. The van der Waals surface area contributed by atoms with Crippen LogP contribution < -0.4 is 4.90 Å². The highest BCUT2D eigenvalue weighted by atomic mass is 19.1. The lowest BCUT2D eigenvalue weighted by atomic mass is 10.00. The third-order valence-corrected chi connectivity index (χ3v) is 5.19. The quantitative estimate of drug-likeness (QED) is 0.879. The van der Waals surface area contributed by atoms with Gasteiger partial charge in [-0.3, -0.25) is 4.79 Å². The van der Waals surface area contributed by atoms with E-state index in [1.807, 2.05) is 23.1 Å². The van der Waals surface area contributed by atoms with E-state index in [1.165, 1.54) is 22.7 Å². The first-order chi connectivity index (χ1) is 12.2. The molecule has 1 fully saturated rings. The number of amides is 1. The molecule has 1 N–H and O–H groups in total. The average Bonchev–Trinajstić information content (AvgIpc) is 3.12. The fraction of sp³-hybridized carbons (Fsp3) is 0.421. The van der Waals surface area contributed by atoms with E-state index in [0.717, 1.165) is 18.7 Å². The molecule has 1 amide bonds. The Morgan fingerprint density at radius 3 is 2.68 bits per heavy atom. The van der Waals surface area contributed by atoms with Gasteiger partial charge in [-0.1, -0.05) is 0 Å². The van der Waals surface area contributed by atoms with Crippen molar-refractivity contribution in [2.45, 2.75) is 12.6 Å². The molecule has 2 aliphatic rings. The zero-order valence-corrected chi connectivity index (χ0v) is 14.2. The van der Waals surface area contributed by atoms with Crippen LogP contribution in [0.2, 0.25) is 0 Å². The van der Waals surface area contributed by atoms with Gasteiger partial charge in [0, 0.05) is 24.8 Å². The number of ether oxygens (including phenoxy) is 1. The van der Waals surface area contributed by atoms with Gasteiger partial charge < -0.3 is 19.1 Å².